The van der Waals surface area contributed by atoms with Crippen molar-refractivity contribution in [2.45, 2.75) is 6.42 Å². The molecule has 0 spiro atoms. The van der Waals surface area contributed by atoms with Gasteiger partial charge >= 0.3 is 0 Å². The first-order valence-corrected chi connectivity index (χ1v) is 4.80. The van der Waals surface area contributed by atoms with Gasteiger partial charge in [-0.05, 0) is 41.8 Å². The van der Waals surface area contributed by atoms with Crippen LogP contribution in [0, 0.1) is 0 Å². The number of rotatable bonds is 2. The third-order valence-electron chi connectivity index (χ3n) is 2.28. The minimum atomic E-state index is 0. The van der Waals surface area contributed by atoms with Crippen molar-refractivity contribution in [3.05, 3.63) is 59.7 Å². The number of phenols is 2. The third-order valence-corrected chi connectivity index (χ3v) is 2.28. The first kappa shape index (κ1) is 17.0. The second-order valence-corrected chi connectivity index (χ2v) is 3.51. The van der Waals surface area contributed by atoms with Crippen molar-refractivity contribution in [2.24, 2.45) is 0 Å². The van der Waals surface area contributed by atoms with Crippen LogP contribution in [-0.2, 0) is 6.42 Å². The summed E-state index contributed by atoms with van der Waals surface area (Å²) in [6.07, 6.45) is 0.806. The summed E-state index contributed by atoms with van der Waals surface area (Å²) in [6.45, 7) is 0. The average Bonchev–Trinajstić information content (AvgIpc) is 2.25. The summed E-state index contributed by atoms with van der Waals surface area (Å²) in [7, 11) is 0. The van der Waals surface area contributed by atoms with Crippen molar-refractivity contribution in [2.75, 3.05) is 0 Å². The molecule has 0 aromatic heterocycles. The Morgan fingerprint density at radius 2 is 0.882 bits per heavy atom. The van der Waals surface area contributed by atoms with E-state index in [1.165, 1.54) is 0 Å². The van der Waals surface area contributed by atoms with Crippen LogP contribution in [0.1, 0.15) is 11.1 Å². The molecule has 0 heterocycles. The van der Waals surface area contributed by atoms with Gasteiger partial charge in [-0.2, -0.15) is 0 Å². The van der Waals surface area contributed by atoms with Crippen LogP contribution >= 0.6 is 0 Å². The van der Waals surface area contributed by atoms with E-state index in [2.05, 4.69) is 0 Å². The Morgan fingerprint density at radius 3 is 1.18 bits per heavy atom. The maximum absolute atomic E-state index is 9.13. The monoisotopic (exact) mass is 246 g/mol. The number of benzene rings is 2. The molecule has 2 radical (unpaired) electrons. The molecule has 0 amide bonds. The van der Waals surface area contributed by atoms with Gasteiger partial charge in [-0.15, -0.1) is 0 Å². The molecule has 0 aliphatic heterocycles. The fourth-order valence-electron chi connectivity index (χ4n) is 1.46. The molecule has 2 rings (SSSR count). The Kier molecular flexibility index (Phi) is 8.22. The van der Waals surface area contributed by atoms with Gasteiger partial charge in [-0.3, -0.25) is 0 Å². The predicted octanol–water partition coefficient (Wildman–Crippen LogP) is 1.93. The van der Waals surface area contributed by atoms with E-state index in [4.69, 9.17) is 10.2 Å². The third kappa shape index (κ3) is 5.47. The predicted molar refractivity (Wildman–Crippen MR) is 70.5 cm³/mol. The van der Waals surface area contributed by atoms with Crippen LogP contribution < -0.4 is 0 Å². The van der Waals surface area contributed by atoms with Gasteiger partial charge in [0.2, 0.25) is 0 Å². The normalized spacial score (nSPS) is 8.94. The van der Waals surface area contributed by atoms with Gasteiger partial charge in [0.15, 0.2) is 0 Å². The van der Waals surface area contributed by atoms with E-state index in [1.54, 1.807) is 24.3 Å². The first-order chi connectivity index (χ1) is 7.24. The van der Waals surface area contributed by atoms with E-state index in [0.29, 0.717) is 0 Å². The topological polar surface area (TPSA) is 40.5 Å². The molecule has 0 unspecified atom stereocenters. The van der Waals surface area contributed by atoms with E-state index >= 15 is 0 Å². The zero-order valence-corrected chi connectivity index (χ0v) is 14.2. The Morgan fingerprint density at radius 1 is 0.588 bits per heavy atom. The summed E-state index contributed by atoms with van der Waals surface area (Å²) >= 11 is 0. The summed E-state index contributed by atoms with van der Waals surface area (Å²) < 4.78 is 0. The number of phenolic OH excluding ortho intramolecular Hbond substituents is 2. The molecule has 2 N–H and O–H groups in total. The number of aromatic hydroxyl groups is 2. The Balaban J connectivity index is 0.00000128. The van der Waals surface area contributed by atoms with Gasteiger partial charge < -0.3 is 10.2 Å². The van der Waals surface area contributed by atoms with E-state index in [1.807, 2.05) is 24.3 Å². The van der Waals surface area contributed by atoms with Gasteiger partial charge in [0.05, 0.1) is 0 Å². The standard InChI is InChI=1S/C13H12O2.2Na/c14-12-5-1-10(2-6-12)9-11-3-7-13(15)8-4-11;;/h1-8,14-15H,9H2;;. The molecule has 2 aromatic carbocycles. The quantitative estimate of drug-likeness (QED) is 0.795. The maximum Gasteiger partial charge on any atom is 0.115 e. The van der Waals surface area contributed by atoms with E-state index in [0.717, 1.165) is 17.5 Å². The van der Waals surface area contributed by atoms with Crippen molar-refractivity contribution in [1.82, 2.24) is 0 Å². The van der Waals surface area contributed by atoms with E-state index in [9.17, 15) is 0 Å². The Labute approximate surface area is 145 Å². The zero-order valence-electron chi connectivity index (χ0n) is 10.2. The van der Waals surface area contributed by atoms with Crippen molar-refractivity contribution >= 4 is 59.1 Å². The molecule has 0 bridgehead atoms. The molecule has 0 aliphatic rings. The molecular weight excluding hydrogens is 234 g/mol. The molecule has 0 saturated heterocycles. The molecule has 17 heavy (non-hydrogen) atoms. The van der Waals surface area contributed by atoms with Gasteiger partial charge in [0.25, 0.3) is 0 Å². The van der Waals surface area contributed by atoms with Crippen LogP contribution in [-0.4, -0.2) is 69.3 Å². The van der Waals surface area contributed by atoms with E-state index < -0.39 is 0 Å². The molecule has 2 nitrogen and oxygen atoms in total. The van der Waals surface area contributed by atoms with Crippen LogP contribution in [0.5, 0.6) is 11.5 Å². The smallest absolute Gasteiger partial charge is 0.115 e. The summed E-state index contributed by atoms with van der Waals surface area (Å²) in [5.74, 6) is 0.564. The molecular formula is C13H12Na2O2. The molecule has 2 aromatic rings. The summed E-state index contributed by atoms with van der Waals surface area (Å²) in [5, 5.41) is 18.3. The molecule has 0 fully saturated rings. The van der Waals surface area contributed by atoms with Crippen molar-refractivity contribution in [1.29, 1.82) is 0 Å². The van der Waals surface area contributed by atoms with Crippen molar-refractivity contribution in [3.63, 3.8) is 0 Å². The summed E-state index contributed by atoms with van der Waals surface area (Å²) in [5.41, 5.74) is 2.27. The van der Waals surface area contributed by atoms with Gasteiger partial charge in [0, 0.05) is 59.1 Å². The molecule has 4 heteroatoms. The van der Waals surface area contributed by atoms with Gasteiger partial charge in [-0.1, -0.05) is 24.3 Å². The number of hydrogen-bond acceptors (Lipinski definition) is 2. The molecule has 0 atom stereocenters. The van der Waals surface area contributed by atoms with Gasteiger partial charge in [-0.25, -0.2) is 0 Å². The van der Waals surface area contributed by atoms with Crippen molar-refractivity contribution in [3.8, 4) is 11.5 Å². The van der Waals surface area contributed by atoms with Crippen LogP contribution in [0.15, 0.2) is 48.5 Å². The Hall–Kier alpha value is 0.0400. The first-order valence-electron chi connectivity index (χ1n) is 4.80. The van der Waals surface area contributed by atoms with Crippen LogP contribution in [0.3, 0.4) is 0 Å². The van der Waals surface area contributed by atoms with Crippen molar-refractivity contribution < 1.29 is 10.2 Å². The zero-order chi connectivity index (χ0) is 10.7. The summed E-state index contributed by atoms with van der Waals surface area (Å²) in [4.78, 5) is 0. The Bertz CT molecular complexity index is 394. The fraction of sp³-hybridized carbons (Fsp3) is 0.0769. The number of hydrogen-bond donors (Lipinski definition) is 2. The van der Waals surface area contributed by atoms with Gasteiger partial charge in [0.1, 0.15) is 11.5 Å². The van der Waals surface area contributed by atoms with Crippen LogP contribution in [0.2, 0.25) is 0 Å². The van der Waals surface area contributed by atoms with Crippen LogP contribution in [0.25, 0.3) is 0 Å². The molecule has 0 aliphatic carbocycles. The minimum absolute atomic E-state index is 0. The fourth-order valence-corrected chi connectivity index (χ4v) is 1.46. The average molecular weight is 246 g/mol. The largest absolute Gasteiger partial charge is 0.508 e. The van der Waals surface area contributed by atoms with E-state index in [-0.39, 0.29) is 70.6 Å². The second-order valence-electron chi connectivity index (χ2n) is 3.51. The minimum Gasteiger partial charge on any atom is -0.508 e. The SMILES string of the molecule is Oc1ccc(Cc2ccc(O)cc2)cc1.[Na].[Na]. The second kappa shape index (κ2) is 8.20. The molecule has 0 saturated carbocycles. The summed E-state index contributed by atoms with van der Waals surface area (Å²) in [6, 6.07) is 14.3. The maximum atomic E-state index is 9.13. The van der Waals surface area contributed by atoms with Crippen LogP contribution in [0.4, 0.5) is 0 Å². The molecule has 78 valence electrons.